The first kappa shape index (κ1) is 21.6. The van der Waals surface area contributed by atoms with Gasteiger partial charge in [-0.1, -0.05) is 12.1 Å². The second-order valence-electron chi connectivity index (χ2n) is 9.70. The predicted molar refractivity (Wildman–Crippen MR) is 118 cm³/mol. The van der Waals surface area contributed by atoms with Crippen molar-refractivity contribution >= 4 is 17.7 Å². The predicted octanol–water partition coefficient (Wildman–Crippen LogP) is 1.09. The van der Waals surface area contributed by atoms with Gasteiger partial charge in [0.1, 0.15) is 6.04 Å². The fraction of sp³-hybridized carbons (Fsp3) is 0.625. The summed E-state index contributed by atoms with van der Waals surface area (Å²) in [4.78, 5) is 38.3. The van der Waals surface area contributed by atoms with Gasteiger partial charge in [0.05, 0.1) is 12.7 Å². The number of nitrogens with zero attached hydrogens (tertiary/aromatic N) is 1. The molecule has 0 radical (unpaired) electrons. The van der Waals surface area contributed by atoms with Gasteiger partial charge in [-0.3, -0.25) is 19.7 Å². The lowest BCUT2D eigenvalue weighted by Gasteiger charge is -2.43. The fourth-order valence-corrected chi connectivity index (χ4v) is 5.61. The maximum Gasteiger partial charge on any atom is 0.255 e. The summed E-state index contributed by atoms with van der Waals surface area (Å²) in [5.74, 6) is -0.765. The number of benzene rings is 1. The number of carbonyl (C=O) groups excluding carboxylic acids is 3. The second kappa shape index (κ2) is 8.92. The highest BCUT2D eigenvalue weighted by Crippen LogP contribution is 2.38. The zero-order valence-electron chi connectivity index (χ0n) is 18.5. The molecular weight excluding hydrogens is 408 g/mol. The van der Waals surface area contributed by atoms with Gasteiger partial charge < -0.3 is 20.3 Å². The van der Waals surface area contributed by atoms with Crippen LogP contribution < -0.4 is 16.0 Å². The maximum absolute atomic E-state index is 13.0. The van der Waals surface area contributed by atoms with Crippen LogP contribution >= 0.6 is 0 Å². The van der Waals surface area contributed by atoms with Crippen LogP contribution in [-0.2, 0) is 27.4 Å². The molecule has 4 heterocycles. The summed E-state index contributed by atoms with van der Waals surface area (Å²) in [6.07, 6.45) is 5.62. The van der Waals surface area contributed by atoms with Gasteiger partial charge in [0.15, 0.2) is 0 Å². The Labute approximate surface area is 188 Å². The first-order valence-electron chi connectivity index (χ1n) is 11.8. The SMILES string of the molecule is O=C1CCC(N2Cc3c(CNCC4CCC5(CCNCC5)CO4)cccc3C2=O)C(=O)N1. The van der Waals surface area contributed by atoms with Gasteiger partial charge in [-0.15, -0.1) is 0 Å². The average Bonchev–Trinajstić information content (AvgIpc) is 3.13. The summed E-state index contributed by atoms with van der Waals surface area (Å²) >= 11 is 0. The van der Waals surface area contributed by atoms with E-state index in [2.05, 4.69) is 16.0 Å². The third-order valence-electron chi connectivity index (χ3n) is 7.65. The molecular formula is C24H32N4O4. The van der Waals surface area contributed by atoms with Crippen LogP contribution in [0.5, 0.6) is 0 Å². The summed E-state index contributed by atoms with van der Waals surface area (Å²) < 4.78 is 6.21. The first-order chi connectivity index (χ1) is 15.5. The van der Waals surface area contributed by atoms with E-state index < -0.39 is 6.04 Å². The Bertz CT molecular complexity index is 901. The molecule has 5 rings (SSSR count). The number of imide groups is 1. The zero-order chi connectivity index (χ0) is 22.1. The van der Waals surface area contributed by atoms with Crippen molar-refractivity contribution in [3.05, 3.63) is 34.9 Å². The van der Waals surface area contributed by atoms with Gasteiger partial charge in [0, 0.05) is 31.6 Å². The minimum atomic E-state index is -0.577. The number of hydrogen-bond acceptors (Lipinski definition) is 6. The van der Waals surface area contributed by atoms with Gasteiger partial charge in [-0.05, 0) is 67.8 Å². The molecule has 0 aliphatic carbocycles. The van der Waals surface area contributed by atoms with Crippen molar-refractivity contribution in [2.45, 2.75) is 63.8 Å². The molecule has 4 aliphatic rings. The zero-order valence-corrected chi connectivity index (χ0v) is 18.5. The van der Waals surface area contributed by atoms with Gasteiger partial charge in [-0.25, -0.2) is 0 Å². The number of ether oxygens (including phenoxy) is 1. The molecule has 8 nitrogen and oxygen atoms in total. The lowest BCUT2D eigenvalue weighted by molar-refractivity contribution is -0.136. The number of carbonyl (C=O) groups is 3. The summed E-state index contributed by atoms with van der Waals surface area (Å²) in [5, 5.41) is 9.32. The Morgan fingerprint density at radius 1 is 1.12 bits per heavy atom. The van der Waals surface area contributed by atoms with Crippen LogP contribution in [0.3, 0.4) is 0 Å². The molecule has 0 aromatic heterocycles. The number of piperidine rings is 2. The number of nitrogens with one attached hydrogen (secondary N) is 3. The van der Waals surface area contributed by atoms with E-state index in [1.165, 1.54) is 19.3 Å². The Kier molecular flexibility index (Phi) is 6.01. The van der Waals surface area contributed by atoms with Gasteiger partial charge in [0.25, 0.3) is 5.91 Å². The van der Waals surface area contributed by atoms with Crippen LogP contribution in [0.2, 0.25) is 0 Å². The molecule has 2 unspecified atom stereocenters. The van der Waals surface area contributed by atoms with Crippen LogP contribution in [-0.4, -0.2) is 61.0 Å². The number of amides is 3. The monoisotopic (exact) mass is 440 g/mol. The molecule has 0 bridgehead atoms. The molecule has 1 aromatic carbocycles. The molecule has 172 valence electrons. The highest BCUT2D eigenvalue weighted by atomic mass is 16.5. The van der Waals surface area contributed by atoms with Crippen molar-refractivity contribution in [1.82, 2.24) is 20.9 Å². The van der Waals surface area contributed by atoms with Crippen molar-refractivity contribution in [1.29, 1.82) is 0 Å². The molecule has 4 aliphatic heterocycles. The third-order valence-corrected chi connectivity index (χ3v) is 7.65. The minimum Gasteiger partial charge on any atom is -0.376 e. The molecule has 8 heteroatoms. The van der Waals surface area contributed by atoms with E-state index in [-0.39, 0.29) is 30.2 Å². The molecule has 3 amide bonds. The average molecular weight is 441 g/mol. The van der Waals surface area contributed by atoms with E-state index in [1.54, 1.807) is 4.90 Å². The smallest absolute Gasteiger partial charge is 0.255 e. The maximum atomic E-state index is 13.0. The third kappa shape index (κ3) is 4.19. The van der Waals surface area contributed by atoms with E-state index in [0.29, 0.717) is 30.5 Å². The van der Waals surface area contributed by atoms with Crippen molar-refractivity contribution in [3.63, 3.8) is 0 Å². The molecule has 3 saturated heterocycles. The Balaban J connectivity index is 1.17. The van der Waals surface area contributed by atoms with E-state index in [4.69, 9.17) is 4.74 Å². The highest BCUT2D eigenvalue weighted by Gasteiger charge is 2.40. The fourth-order valence-electron chi connectivity index (χ4n) is 5.61. The summed E-state index contributed by atoms with van der Waals surface area (Å²) in [6.45, 7) is 4.92. The second-order valence-corrected chi connectivity index (χ2v) is 9.70. The summed E-state index contributed by atoms with van der Waals surface area (Å²) in [6, 6.07) is 5.19. The number of rotatable bonds is 5. The normalized spacial score (nSPS) is 27.5. The largest absolute Gasteiger partial charge is 0.376 e. The van der Waals surface area contributed by atoms with Crippen molar-refractivity contribution < 1.29 is 19.1 Å². The van der Waals surface area contributed by atoms with Gasteiger partial charge in [-0.2, -0.15) is 0 Å². The summed E-state index contributed by atoms with van der Waals surface area (Å²) in [5.41, 5.74) is 3.10. The van der Waals surface area contributed by atoms with E-state index in [0.717, 1.165) is 43.8 Å². The lowest BCUT2D eigenvalue weighted by Crippen LogP contribution is -2.52. The number of hydrogen-bond donors (Lipinski definition) is 3. The standard InChI is InChI=1S/C24H32N4O4/c29-21-5-4-20(22(30)27-21)28-14-19-16(2-1-3-18(19)23(28)31)12-26-13-17-6-7-24(15-32-17)8-10-25-11-9-24/h1-3,17,20,25-26H,4-15H2,(H,27,29,30). The van der Waals surface area contributed by atoms with Crippen LogP contribution in [0.15, 0.2) is 18.2 Å². The highest BCUT2D eigenvalue weighted by molar-refractivity contribution is 6.05. The van der Waals surface area contributed by atoms with Gasteiger partial charge >= 0.3 is 0 Å². The van der Waals surface area contributed by atoms with E-state index in [9.17, 15) is 14.4 Å². The van der Waals surface area contributed by atoms with E-state index >= 15 is 0 Å². The molecule has 32 heavy (non-hydrogen) atoms. The summed E-state index contributed by atoms with van der Waals surface area (Å²) in [7, 11) is 0. The molecule has 3 N–H and O–H groups in total. The Hall–Kier alpha value is -2.29. The molecule has 0 saturated carbocycles. The topological polar surface area (TPSA) is 99.8 Å². The van der Waals surface area contributed by atoms with Crippen molar-refractivity contribution in [2.75, 3.05) is 26.2 Å². The first-order valence-corrected chi connectivity index (χ1v) is 11.8. The minimum absolute atomic E-state index is 0.126. The van der Waals surface area contributed by atoms with Gasteiger partial charge in [0.2, 0.25) is 11.8 Å². The van der Waals surface area contributed by atoms with Crippen LogP contribution in [0.25, 0.3) is 0 Å². The molecule has 1 spiro atoms. The Morgan fingerprint density at radius 2 is 1.97 bits per heavy atom. The molecule has 1 aromatic rings. The quantitative estimate of drug-likeness (QED) is 0.593. The van der Waals surface area contributed by atoms with Crippen LogP contribution in [0.4, 0.5) is 0 Å². The molecule has 3 fully saturated rings. The van der Waals surface area contributed by atoms with Crippen LogP contribution in [0, 0.1) is 5.41 Å². The van der Waals surface area contributed by atoms with Crippen LogP contribution in [0.1, 0.15) is 60.0 Å². The van der Waals surface area contributed by atoms with Crippen molar-refractivity contribution in [2.24, 2.45) is 5.41 Å². The lowest BCUT2D eigenvalue weighted by atomic mass is 9.74. The molecule has 2 atom stereocenters. The van der Waals surface area contributed by atoms with Crippen molar-refractivity contribution in [3.8, 4) is 0 Å². The van der Waals surface area contributed by atoms with E-state index in [1.807, 2.05) is 18.2 Å². The Morgan fingerprint density at radius 3 is 2.72 bits per heavy atom. The number of fused-ring (bicyclic) bond motifs is 1.